The van der Waals surface area contributed by atoms with Crippen molar-refractivity contribution in [1.82, 2.24) is 9.97 Å². The van der Waals surface area contributed by atoms with Crippen molar-refractivity contribution in [1.29, 1.82) is 0 Å². The van der Waals surface area contributed by atoms with Crippen LogP contribution in [0.3, 0.4) is 0 Å². The third-order valence-corrected chi connectivity index (χ3v) is 3.15. The molecule has 3 aromatic heterocycles. The summed E-state index contributed by atoms with van der Waals surface area (Å²) in [5, 5.41) is 2.24. The number of furan rings is 1. The second kappa shape index (κ2) is 3.21. The lowest BCUT2D eigenvalue weighted by atomic mass is 10.2. The van der Waals surface area contributed by atoms with Gasteiger partial charge >= 0.3 is 5.69 Å². The first-order chi connectivity index (χ1) is 7.75. The molecule has 0 fully saturated rings. The number of aromatic amines is 2. The molecule has 6 heteroatoms. The standard InChI is InChI=1S/C10H6N2O3S/c13-8-7-5(6-2-1-3-15-6)4-16-9(7)12-10(14)11-8/h1-4H,(H2,11,12,13,14). The van der Waals surface area contributed by atoms with Gasteiger partial charge in [-0.05, 0) is 12.1 Å². The molecular formula is C10H6N2O3S. The van der Waals surface area contributed by atoms with Gasteiger partial charge < -0.3 is 4.42 Å². The highest BCUT2D eigenvalue weighted by Crippen LogP contribution is 2.29. The summed E-state index contributed by atoms with van der Waals surface area (Å²) >= 11 is 1.30. The van der Waals surface area contributed by atoms with E-state index in [0.29, 0.717) is 21.5 Å². The molecule has 3 rings (SSSR count). The van der Waals surface area contributed by atoms with E-state index in [2.05, 4.69) is 9.97 Å². The number of thiophene rings is 1. The summed E-state index contributed by atoms with van der Waals surface area (Å²) in [5.41, 5.74) is -0.195. The van der Waals surface area contributed by atoms with Crippen LogP contribution in [0.5, 0.6) is 0 Å². The normalized spacial score (nSPS) is 11.0. The van der Waals surface area contributed by atoms with Crippen molar-refractivity contribution in [2.45, 2.75) is 0 Å². The zero-order valence-corrected chi connectivity index (χ0v) is 8.76. The largest absolute Gasteiger partial charge is 0.464 e. The third-order valence-electron chi connectivity index (χ3n) is 2.26. The molecule has 80 valence electrons. The Kier molecular flexibility index (Phi) is 1.84. The van der Waals surface area contributed by atoms with Crippen LogP contribution >= 0.6 is 11.3 Å². The zero-order valence-electron chi connectivity index (χ0n) is 7.94. The Bertz CT molecular complexity index is 748. The number of fused-ring (bicyclic) bond motifs is 1. The van der Waals surface area contributed by atoms with Gasteiger partial charge in [-0.15, -0.1) is 11.3 Å². The summed E-state index contributed by atoms with van der Waals surface area (Å²) in [6, 6.07) is 3.52. The van der Waals surface area contributed by atoms with Crippen molar-refractivity contribution >= 4 is 21.6 Å². The van der Waals surface area contributed by atoms with Crippen LogP contribution in [-0.2, 0) is 0 Å². The van der Waals surface area contributed by atoms with Crippen molar-refractivity contribution in [3.05, 3.63) is 44.6 Å². The Morgan fingerprint density at radius 1 is 1.25 bits per heavy atom. The van der Waals surface area contributed by atoms with E-state index in [0.717, 1.165) is 0 Å². The number of rotatable bonds is 1. The average molecular weight is 234 g/mol. The predicted molar refractivity (Wildman–Crippen MR) is 60.8 cm³/mol. The van der Waals surface area contributed by atoms with Gasteiger partial charge in [0.15, 0.2) is 0 Å². The molecule has 16 heavy (non-hydrogen) atoms. The van der Waals surface area contributed by atoms with Crippen molar-refractivity contribution in [3.8, 4) is 11.3 Å². The summed E-state index contributed by atoms with van der Waals surface area (Å²) in [6.45, 7) is 0. The van der Waals surface area contributed by atoms with Gasteiger partial charge in [-0.2, -0.15) is 0 Å². The SMILES string of the molecule is O=c1[nH]c(=O)c2c(-c3ccco3)csc2[nH]1. The Labute approximate surface area is 92.4 Å². The molecule has 0 aromatic carbocycles. The van der Waals surface area contributed by atoms with E-state index in [4.69, 9.17) is 4.42 Å². The molecule has 3 aromatic rings. The van der Waals surface area contributed by atoms with E-state index in [1.165, 1.54) is 11.3 Å². The highest BCUT2D eigenvalue weighted by molar-refractivity contribution is 7.17. The van der Waals surface area contributed by atoms with E-state index in [9.17, 15) is 9.59 Å². The predicted octanol–water partition coefficient (Wildman–Crippen LogP) is 1.54. The van der Waals surface area contributed by atoms with Crippen LogP contribution in [0, 0.1) is 0 Å². The highest BCUT2D eigenvalue weighted by atomic mass is 32.1. The van der Waals surface area contributed by atoms with Crippen LogP contribution in [0.2, 0.25) is 0 Å². The summed E-state index contributed by atoms with van der Waals surface area (Å²) in [5.74, 6) is 0.615. The van der Waals surface area contributed by atoms with Gasteiger partial charge in [0.1, 0.15) is 10.6 Å². The number of H-pyrrole nitrogens is 2. The molecule has 0 aliphatic heterocycles. The van der Waals surface area contributed by atoms with Crippen molar-refractivity contribution in [2.24, 2.45) is 0 Å². The van der Waals surface area contributed by atoms with Crippen LogP contribution in [0.25, 0.3) is 21.5 Å². The summed E-state index contributed by atoms with van der Waals surface area (Å²) in [4.78, 5) is 28.1. The van der Waals surface area contributed by atoms with Gasteiger partial charge in [-0.25, -0.2) is 4.79 Å². The van der Waals surface area contributed by atoms with Gasteiger partial charge in [0.2, 0.25) is 0 Å². The van der Waals surface area contributed by atoms with Crippen LogP contribution in [0.1, 0.15) is 0 Å². The molecule has 0 unspecified atom stereocenters. The lowest BCUT2D eigenvalue weighted by molar-refractivity contribution is 0.583. The lowest BCUT2D eigenvalue weighted by Gasteiger charge is -1.92. The molecular weight excluding hydrogens is 228 g/mol. The van der Waals surface area contributed by atoms with Crippen LogP contribution in [0.15, 0.2) is 37.8 Å². The molecule has 3 heterocycles. The Morgan fingerprint density at radius 2 is 2.12 bits per heavy atom. The molecule has 0 saturated carbocycles. The molecule has 0 atom stereocenters. The van der Waals surface area contributed by atoms with Crippen LogP contribution in [-0.4, -0.2) is 9.97 Å². The fraction of sp³-hybridized carbons (Fsp3) is 0. The maximum absolute atomic E-state index is 11.7. The maximum Gasteiger partial charge on any atom is 0.326 e. The number of nitrogens with one attached hydrogen (secondary N) is 2. The second-order valence-electron chi connectivity index (χ2n) is 3.24. The van der Waals surface area contributed by atoms with Crippen molar-refractivity contribution in [3.63, 3.8) is 0 Å². The molecule has 0 aliphatic rings. The van der Waals surface area contributed by atoms with Gasteiger partial charge in [0.05, 0.1) is 11.6 Å². The Morgan fingerprint density at radius 3 is 2.88 bits per heavy atom. The smallest absolute Gasteiger partial charge is 0.326 e. The van der Waals surface area contributed by atoms with E-state index < -0.39 is 11.2 Å². The van der Waals surface area contributed by atoms with Gasteiger partial charge in [0.25, 0.3) is 5.56 Å². The first-order valence-corrected chi connectivity index (χ1v) is 5.41. The zero-order chi connectivity index (χ0) is 11.1. The molecule has 0 aliphatic carbocycles. The minimum atomic E-state index is -0.495. The monoisotopic (exact) mass is 234 g/mol. The minimum Gasteiger partial charge on any atom is -0.464 e. The minimum absolute atomic E-state index is 0.397. The average Bonchev–Trinajstić information content (AvgIpc) is 2.82. The summed E-state index contributed by atoms with van der Waals surface area (Å²) in [6.07, 6.45) is 1.54. The Hall–Kier alpha value is -2.08. The molecule has 0 bridgehead atoms. The Balaban J connectivity index is 2.45. The quantitative estimate of drug-likeness (QED) is 0.670. The van der Waals surface area contributed by atoms with Crippen molar-refractivity contribution < 1.29 is 4.42 Å². The number of hydrogen-bond donors (Lipinski definition) is 2. The molecule has 5 nitrogen and oxygen atoms in total. The summed E-state index contributed by atoms with van der Waals surface area (Å²) < 4.78 is 5.23. The van der Waals surface area contributed by atoms with E-state index in [-0.39, 0.29) is 0 Å². The lowest BCUT2D eigenvalue weighted by Crippen LogP contribution is -2.21. The second-order valence-corrected chi connectivity index (χ2v) is 4.12. The van der Waals surface area contributed by atoms with Crippen LogP contribution < -0.4 is 11.2 Å². The fourth-order valence-corrected chi connectivity index (χ4v) is 2.53. The molecule has 0 spiro atoms. The fourth-order valence-electron chi connectivity index (χ4n) is 1.59. The molecule has 0 radical (unpaired) electrons. The molecule has 0 amide bonds. The number of hydrogen-bond acceptors (Lipinski definition) is 4. The first-order valence-electron chi connectivity index (χ1n) is 4.53. The summed E-state index contributed by atoms with van der Waals surface area (Å²) in [7, 11) is 0. The third kappa shape index (κ3) is 1.24. The van der Waals surface area contributed by atoms with Crippen molar-refractivity contribution in [2.75, 3.05) is 0 Å². The van der Waals surface area contributed by atoms with Gasteiger partial charge in [0, 0.05) is 10.9 Å². The first kappa shape index (κ1) is 9.17. The van der Waals surface area contributed by atoms with E-state index in [1.807, 2.05) is 0 Å². The van der Waals surface area contributed by atoms with Crippen LogP contribution in [0.4, 0.5) is 0 Å². The van der Waals surface area contributed by atoms with E-state index in [1.54, 1.807) is 23.8 Å². The van der Waals surface area contributed by atoms with E-state index >= 15 is 0 Å². The molecule has 2 N–H and O–H groups in total. The highest BCUT2D eigenvalue weighted by Gasteiger charge is 2.12. The topological polar surface area (TPSA) is 78.9 Å². The van der Waals surface area contributed by atoms with Gasteiger partial charge in [-0.3, -0.25) is 14.8 Å². The van der Waals surface area contributed by atoms with Gasteiger partial charge in [-0.1, -0.05) is 0 Å². The molecule has 0 saturated heterocycles. The maximum atomic E-state index is 11.7. The number of aromatic nitrogens is 2.